The predicted molar refractivity (Wildman–Crippen MR) is 62.3 cm³/mol. The van der Waals surface area contributed by atoms with E-state index >= 15 is 0 Å². The van der Waals surface area contributed by atoms with Crippen molar-refractivity contribution in [1.82, 2.24) is 5.32 Å². The summed E-state index contributed by atoms with van der Waals surface area (Å²) in [6, 6.07) is -1.08. The Balaban J connectivity index is 2.93. The molecule has 1 rings (SSSR count). The molecule has 1 radical (unpaired) electrons. The minimum Gasteiger partial charge on any atom is -0.394 e. The molecule has 5 atom stereocenters. The van der Waals surface area contributed by atoms with Crippen LogP contribution in [0.4, 0.5) is 0 Å². The maximum absolute atomic E-state index is 11.1. The van der Waals surface area contributed by atoms with Gasteiger partial charge in [-0.3, -0.25) is 4.79 Å². The number of hydrogen-bond donors (Lipinski definition) is 6. The summed E-state index contributed by atoms with van der Waals surface area (Å²) in [4.78, 5) is 11.1. The average molecular weight is 278 g/mol. The zero-order valence-corrected chi connectivity index (χ0v) is 10.8. The number of amides is 1. The van der Waals surface area contributed by atoms with Crippen LogP contribution in [0.25, 0.3) is 0 Å². The monoisotopic (exact) mass is 278 g/mol. The van der Waals surface area contributed by atoms with E-state index in [-0.39, 0.29) is 12.5 Å². The number of nitrogens with one attached hydrogen (secondary N) is 1. The lowest BCUT2D eigenvalue weighted by Gasteiger charge is -2.44. The fourth-order valence-corrected chi connectivity index (χ4v) is 1.97. The summed E-state index contributed by atoms with van der Waals surface area (Å²) in [7, 11) is 0. The average Bonchev–Trinajstić information content (AvgIpc) is 2.29. The van der Waals surface area contributed by atoms with Crippen molar-refractivity contribution in [2.24, 2.45) is 0 Å². The number of rotatable bonds is 4. The molecule has 1 fully saturated rings. The Morgan fingerprint density at radius 3 is 2.63 bits per heavy atom. The molecule has 1 heterocycles. The Morgan fingerprint density at radius 1 is 1.58 bits per heavy atom. The topological polar surface area (TPSA) is 139 Å². The van der Waals surface area contributed by atoms with E-state index in [9.17, 15) is 25.2 Å². The Morgan fingerprint density at radius 2 is 2.16 bits per heavy atom. The summed E-state index contributed by atoms with van der Waals surface area (Å²) in [5, 5.41) is 50.1. The van der Waals surface area contributed by atoms with Crippen LogP contribution >= 0.6 is 0 Å². The summed E-state index contributed by atoms with van der Waals surface area (Å²) in [6.45, 7) is 1.75. The summed E-state index contributed by atoms with van der Waals surface area (Å²) >= 11 is 0. The van der Waals surface area contributed by atoms with Crippen molar-refractivity contribution in [3.8, 4) is 0 Å². The van der Waals surface area contributed by atoms with Crippen LogP contribution < -0.4 is 5.32 Å². The SMILES string of the molecule is CC(=O)N[C@H]1[C]([C@H](O)[C@H](O)CO)O[C@@](C)(O)C[C@@H]1O. The molecular weight excluding hydrogens is 258 g/mol. The summed E-state index contributed by atoms with van der Waals surface area (Å²) < 4.78 is 5.12. The standard InChI is InChI=1S/C11H20NO7/c1-5(14)12-8-6(15)3-11(2,18)19-10(8)9(17)7(16)4-13/h6-9,13,15-18H,3-4H2,1-2H3,(H,12,14)/t6-,7+,8+,9+,11+/m0/s1. The minimum atomic E-state index is -1.74. The van der Waals surface area contributed by atoms with Crippen LogP contribution in [-0.2, 0) is 9.53 Å². The first-order valence-corrected chi connectivity index (χ1v) is 5.88. The van der Waals surface area contributed by atoms with E-state index in [1.165, 1.54) is 13.8 Å². The molecule has 1 aliphatic heterocycles. The Kier molecular flexibility index (Phi) is 5.25. The van der Waals surface area contributed by atoms with Crippen molar-refractivity contribution in [3.05, 3.63) is 6.10 Å². The third kappa shape index (κ3) is 4.10. The van der Waals surface area contributed by atoms with Gasteiger partial charge in [0.05, 0.1) is 18.8 Å². The molecule has 0 aromatic carbocycles. The maximum atomic E-state index is 11.1. The zero-order valence-electron chi connectivity index (χ0n) is 10.8. The van der Waals surface area contributed by atoms with Gasteiger partial charge >= 0.3 is 0 Å². The second-order valence-corrected chi connectivity index (χ2v) is 4.82. The first-order chi connectivity index (χ1) is 8.68. The van der Waals surface area contributed by atoms with Crippen molar-refractivity contribution in [1.29, 1.82) is 0 Å². The van der Waals surface area contributed by atoms with E-state index in [2.05, 4.69) is 5.32 Å². The van der Waals surface area contributed by atoms with Gasteiger partial charge in [-0.1, -0.05) is 0 Å². The number of ether oxygens (including phenoxy) is 1. The van der Waals surface area contributed by atoms with Crippen LogP contribution in [0.2, 0.25) is 0 Å². The zero-order chi connectivity index (χ0) is 14.8. The van der Waals surface area contributed by atoms with E-state index in [1.807, 2.05) is 0 Å². The van der Waals surface area contributed by atoms with Gasteiger partial charge < -0.3 is 35.6 Å². The highest BCUT2D eigenvalue weighted by Gasteiger charge is 2.48. The maximum Gasteiger partial charge on any atom is 0.217 e. The lowest BCUT2D eigenvalue weighted by Crippen LogP contribution is -2.60. The second-order valence-electron chi connectivity index (χ2n) is 4.82. The van der Waals surface area contributed by atoms with Gasteiger partial charge in [-0.2, -0.15) is 0 Å². The first kappa shape index (κ1) is 16.3. The molecule has 8 heteroatoms. The molecule has 1 amide bonds. The van der Waals surface area contributed by atoms with E-state index in [0.29, 0.717) is 0 Å². The van der Waals surface area contributed by atoms with Gasteiger partial charge in [-0.25, -0.2) is 0 Å². The largest absolute Gasteiger partial charge is 0.394 e. The normalized spacial score (nSPS) is 35.7. The Bertz CT molecular complexity index is 322. The predicted octanol–water partition coefficient (Wildman–Crippen LogP) is -2.77. The molecule has 0 aromatic heterocycles. The molecule has 6 N–H and O–H groups in total. The summed E-state index contributed by atoms with van der Waals surface area (Å²) in [5.74, 6) is -2.21. The van der Waals surface area contributed by atoms with Crippen molar-refractivity contribution in [2.75, 3.05) is 6.61 Å². The van der Waals surface area contributed by atoms with Gasteiger partial charge in [0.1, 0.15) is 12.2 Å². The first-order valence-electron chi connectivity index (χ1n) is 5.88. The molecule has 111 valence electrons. The van der Waals surface area contributed by atoms with Gasteiger partial charge in [-0.05, 0) is 6.92 Å². The Labute approximate surface area is 110 Å². The molecular formula is C11H20NO7. The van der Waals surface area contributed by atoms with Crippen molar-refractivity contribution < 1.29 is 35.1 Å². The summed E-state index contributed by atoms with van der Waals surface area (Å²) in [6.07, 6.45) is -4.86. The van der Waals surface area contributed by atoms with Crippen LogP contribution in [-0.4, -0.2) is 68.2 Å². The quantitative estimate of drug-likeness (QED) is 0.327. The van der Waals surface area contributed by atoms with Crippen LogP contribution in [0.5, 0.6) is 0 Å². The molecule has 1 saturated heterocycles. The van der Waals surface area contributed by atoms with Crippen LogP contribution in [0.3, 0.4) is 0 Å². The third-order valence-corrected chi connectivity index (χ3v) is 2.82. The number of carbonyl (C=O) groups is 1. The molecule has 0 unspecified atom stereocenters. The number of carbonyl (C=O) groups excluding carboxylic acids is 1. The number of aliphatic hydroxyl groups is 5. The van der Waals surface area contributed by atoms with Gasteiger partial charge in [0.2, 0.25) is 5.91 Å². The van der Waals surface area contributed by atoms with E-state index in [0.717, 1.165) is 0 Å². The number of hydrogen-bond acceptors (Lipinski definition) is 7. The van der Waals surface area contributed by atoms with Crippen molar-refractivity contribution in [3.63, 3.8) is 0 Å². The number of aliphatic hydroxyl groups excluding tert-OH is 4. The molecule has 1 aliphatic rings. The fourth-order valence-electron chi connectivity index (χ4n) is 1.97. The van der Waals surface area contributed by atoms with Gasteiger partial charge in [0, 0.05) is 13.3 Å². The van der Waals surface area contributed by atoms with Crippen molar-refractivity contribution in [2.45, 2.75) is 50.4 Å². The van der Waals surface area contributed by atoms with Gasteiger partial charge in [0.25, 0.3) is 0 Å². The highest BCUT2D eigenvalue weighted by atomic mass is 16.6. The molecule has 19 heavy (non-hydrogen) atoms. The van der Waals surface area contributed by atoms with Crippen LogP contribution in [0, 0.1) is 6.10 Å². The summed E-state index contributed by atoms with van der Waals surface area (Å²) in [5.41, 5.74) is 0. The molecule has 0 bridgehead atoms. The highest BCUT2D eigenvalue weighted by Crippen LogP contribution is 2.34. The fraction of sp³-hybridized carbons (Fsp3) is 0.818. The molecule has 0 aromatic rings. The molecule has 8 nitrogen and oxygen atoms in total. The van der Waals surface area contributed by atoms with E-state index < -0.39 is 42.7 Å². The molecule has 0 aliphatic carbocycles. The molecule has 0 saturated carbocycles. The lowest BCUT2D eigenvalue weighted by molar-refractivity contribution is -0.253. The van der Waals surface area contributed by atoms with E-state index in [1.54, 1.807) is 0 Å². The smallest absolute Gasteiger partial charge is 0.217 e. The van der Waals surface area contributed by atoms with Crippen LogP contribution in [0.1, 0.15) is 20.3 Å². The minimum absolute atomic E-state index is 0.177. The van der Waals surface area contributed by atoms with Gasteiger partial charge in [0.15, 0.2) is 11.9 Å². The second kappa shape index (κ2) is 6.12. The highest BCUT2D eigenvalue weighted by molar-refractivity contribution is 5.73. The third-order valence-electron chi connectivity index (χ3n) is 2.82. The van der Waals surface area contributed by atoms with E-state index in [4.69, 9.17) is 9.84 Å². The molecule has 0 spiro atoms. The van der Waals surface area contributed by atoms with Crippen molar-refractivity contribution >= 4 is 5.91 Å². The van der Waals surface area contributed by atoms with Crippen LogP contribution in [0.15, 0.2) is 0 Å². The Hall–Kier alpha value is -0.770. The van der Waals surface area contributed by atoms with Gasteiger partial charge in [-0.15, -0.1) is 0 Å². The lowest BCUT2D eigenvalue weighted by atomic mass is 9.89.